The highest BCUT2D eigenvalue weighted by Gasteiger charge is 2.13. The van der Waals surface area contributed by atoms with Crippen molar-refractivity contribution in [1.82, 2.24) is 4.98 Å². The lowest BCUT2D eigenvalue weighted by Crippen LogP contribution is -1.99. The Bertz CT molecular complexity index is 638. The summed E-state index contributed by atoms with van der Waals surface area (Å²) in [6.45, 7) is 1.96. The van der Waals surface area contributed by atoms with E-state index in [9.17, 15) is 4.79 Å². The summed E-state index contributed by atoms with van der Waals surface area (Å²) in [6.07, 6.45) is 1.53. The number of hydrogen-bond acceptors (Lipinski definition) is 5. The minimum Gasteiger partial charge on any atom is -0.478 e. The number of nitrogens with zero attached hydrogens (tertiary/aromatic N) is 2. The van der Waals surface area contributed by atoms with E-state index in [2.05, 4.69) is 10.3 Å². The second-order valence-corrected chi connectivity index (χ2v) is 3.89. The van der Waals surface area contributed by atoms with Crippen LogP contribution < -0.4 is 5.32 Å². The van der Waals surface area contributed by atoms with Gasteiger partial charge >= 0.3 is 5.97 Å². The molecule has 2 heterocycles. The van der Waals surface area contributed by atoms with Crippen LogP contribution in [0.15, 0.2) is 28.8 Å². The molecule has 0 spiro atoms. The minimum absolute atomic E-state index is 0.162. The zero-order valence-electron chi connectivity index (χ0n) is 10.2. The van der Waals surface area contributed by atoms with Crippen molar-refractivity contribution >= 4 is 11.7 Å². The van der Waals surface area contributed by atoms with Gasteiger partial charge in [-0.15, -0.1) is 0 Å². The van der Waals surface area contributed by atoms with Gasteiger partial charge in [0.15, 0.2) is 0 Å². The van der Waals surface area contributed by atoms with Crippen LogP contribution in [0.25, 0.3) is 0 Å². The van der Waals surface area contributed by atoms with E-state index in [-0.39, 0.29) is 5.56 Å². The van der Waals surface area contributed by atoms with Gasteiger partial charge in [0.25, 0.3) is 0 Å². The molecule has 0 unspecified atom stereocenters. The smallest absolute Gasteiger partial charge is 0.339 e. The Hall–Kier alpha value is -2.81. The van der Waals surface area contributed by atoms with Gasteiger partial charge in [-0.2, -0.15) is 5.26 Å². The van der Waals surface area contributed by atoms with Crippen LogP contribution in [0.2, 0.25) is 0 Å². The molecular formula is C13H11N3O3. The summed E-state index contributed by atoms with van der Waals surface area (Å²) >= 11 is 0. The van der Waals surface area contributed by atoms with E-state index in [4.69, 9.17) is 14.8 Å². The molecule has 6 nitrogen and oxygen atoms in total. The normalized spacial score (nSPS) is 9.89. The van der Waals surface area contributed by atoms with Gasteiger partial charge in [0.1, 0.15) is 28.8 Å². The average Bonchev–Trinajstić information content (AvgIpc) is 2.78. The van der Waals surface area contributed by atoms with Crippen molar-refractivity contribution in [1.29, 1.82) is 5.26 Å². The predicted molar refractivity (Wildman–Crippen MR) is 66.7 cm³/mol. The van der Waals surface area contributed by atoms with Crippen LogP contribution >= 0.6 is 0 Å². The predicted octanol–water partition coefficient (Wildman–Crippen LogP) is 2.17. The summed E-state index contributed by atoms with van der Waals surface area (Å²) < 4.78 is 5.33. The highest BCUT2D eigenvalue weighted by molar-refractivity contribution is 5.88. The number of rotatable bonds is 4. The zero-order chi connectivity index (χ0) is 13.8. The maximum absolute atomic E-state index is 10.9. The summed E-state index contributed by atoms with van der Waals surface area (Å²) in [4.78, 5) is 14.8. The molecule has 2 aromatic heterocycles. The molecule has 0 fully saturated rings. The van der Waals surface area contributed by atoms with Gasteiger partial charge in [-0.1, -0.05) is 0 Å². The lowest BCUT2D eigenvalue weighted by Gasteiger charge is -2.03. The molecular weight excluding hydrogens is 246 g/mol. The first-order chi connectivity index (χ1) is 9.10. The lowest BCUT2D eigenvalue weighted by molar-refractivity contribution is 0.0695. The number of nitriles is 1. The molecule has 0 aliphatic carbocycles. The van der Waals surface area contributed by atoms with E-state index in [0.717, 1.165) is 5.69 Å². The number of furan rings is 1. The van der Waals surface area contributed by atoms with Crippen molar-refractivity contribution < 1.29 is 14.3 Å². The highest BCUT2D eigenvalue weighted by Crippen LogP contribution is 2.16. The summed E-state index contributed by atoms with van der Waals surface area (Å²) in [5.74, 6) is -0.103. The van der Waals surface area contributed by atoms with Crippen LogP contribution in [-0.2, 0) is 6.54 Å². The topological polar surface area (TPSA) is 99.2 Å². The molecule has 0 saturated heterocycles. The second kappa shape index (κ2) is 5.23. The van der Waals surface area contributed by atoms with Crippen molar-refractivity contribution in [3.05, 3.63) is 47.2 Å². The standard InChI is InChI=1S/C13H11N3O3/c1-8-12(13(17)18)4-11(19-8)7-16-10-3-2-9(5-14)15-6-10/h2-4,6,16H,7H2,1H3,(H,17,18). The molecule has 2 rings (SSSR count). The molecule has 0 atom stereocenters. The van der Waals surface area contributed by atoms with E-state index in [0.29, 0.717) is 23.8 Å². The zero-order valence-corrected chi connectivity index (χ0v) is 10.2. The fourth-order valence-electron chi connectivity index (χ4n) is 1.60. The van der Waals surface area contributed by atoms with Crippen LogP contribution in [0, 0.1) is 18.3 Å². The van der Waals surface area contributed by atoms with Gasteiger partial charge in [0.2, 0.25) is 0 Å². The molecule has 19 heavy (non-hydrogen) atoms. The van der Waals surface area contributed by atoms with E-state index in [1.807, 2.05) is 6.07 Å². The number of aromatic carboxylic acids is 1. The Labute approximate surface area is 109 Å². The number of carboxylic acid groups (broad SMARTS) is 1. The lowest BCUT2D eigenvalue weighted by atomic mass is 10.2. The van der Waals surface area contributed by atoms with Crippen LogP contribution in [0.1, 0.15) is 27.6 Å². The summed E-state index contributed by atoms with van der Waals surface area (Å²) in [5.41, 5.74) is 1.23. The first-order valence-corrected chi connectivity index (χ1v) is 5.53. The highest BCUT2D eigenvalue weighted by atomic mass is 16.4. The van der Waals surface area contributed by atoms with Crippen LogP contribution in [0.4, 0.5) is 5.69 Å². The average molecular weight is 257 g/mol. The molecule has 0 aliphatic heterocycles. The Kier molecular flexibility index (Phi) is 3.48. The number of pyridine rings is 1. The van der Waals surface area contributed by atoms with E-state index >= 15 is 0 Å². The van der Waals surface area contributed by atoms with Crippen LogP contribution in [-0.4, -0.2) is 16.1 Å². The van der Waals surface area contributed by atoms with Gasteiger partial charge < -0.3 is 14.8 Å². The molecule has 0 bridgehead atoms. The Morgan fingerprint density at radius 1 is 1.58 bits per heavy atom. The third-order valence-electron chi connectivity index (χ3n) is 2.54. The van der Waals surface area contributed by atoms with E-state index in [1.54, 1.807) is 19.1 Å². The molecule has 0 saturated carbocycles. The maximum Gasteiger partial charge on any atom is 0.339 e. The molecule has 0 aromatic carbocycles. The molecule has 2 aromatic rings. The molecule has 2 N–H and O–H groups in total. The Balaban J connectivity index is 2.04. The Morgan fingerprint density at radius 3 is 2.89 bits per heavy atom. The third-order valence-corrected chi connectivity index (χ3v) is 2.54. The monoisotopic (exact) mass is 257 g/mol. The van der Waals surface area contributed by atoms with Crippen molar-refractivity contribution in [2.45, 2.75) is 13.5 Å². The molecule has 0 radical (unpaired) electrons. The Morgan fingerprint density at radius 2 is 2.37 bits per heavy atom. The molecule has 0 amide bonds. The number of carboxylic acids is 1. The van der Waals surface area contributed by atoms with Crippen molar-refractivity contribution in [2.75, 3.05) is 5.32 Å². The fourth-order valence-corrected chi connectivity index (χ4v) is 1.60. The van der Waals surface area contributed by atoms with Crippen molar-refractivity contribution in [2.24, 2.45) is 0 Å². The van der Waals surface area contributed by atoms with E-state index < -0.39 is 5.97 Å². The SMILES string of the molecule is Cc1oc(CNc2ccc(C#N)nc2)cc1C(=O)O. The van der Waals surface area contributed by atoms with E-state index in [1.165, 1.54) is 12.3 Å². The minimum atomic E-state index is -1.01. The largest absolute Gasteiger partial charge is 0.478 e. The first kappa shape index (κ1) is 12.6. The van der Waals surface area contributed by atoms with Gasteiger partial charge in [-0.05, 0) is 25.1 Å². The number of hydrogen-bond donors (Lipinski definition) is 2. The number of carbonyl (C=O) groups is 1. The van der Waals surface area contributed by atoms with Gasteiger partial charge in [0, 0.05) is 0 Å². The second-order valence-electron chi connectivity index (χ2n) is 3.89. The molecule has 0 aliphatic rings. The van der Waals surface area contributed by atoms with Crippen LogP contribution in [0.5, 0.6) is 0 Å². The van der Waals surface area contributed by atoms with Crippen LogP contribution in [0.3, 0.4) is 0 Å². The first-order valence-electron chi connectivity index (χ1n) is 5.53. The summed E-state index contributed by atoms with van der Waals surface area (Å²) in [6, 6.07) is 6.73. The van der Waals surface area contributed by atoms with Crippen molar-refractivity contribution in [3.63, 3.8) is 0 Å². The molecule has 96 valence electrons. The van der Waals surface area contributed by atoms with Gasteiger partial charge in [-0.25, -0.2) is 9.78 Å². The number of aromatic nitrogens is 1. The van der Waals surface area contributed by atoms with Gasteiger partial charge in [0.05, 0.1) is 18.4 Å². The van der Waals surface area contributed by atoms with Crippen molar-refractivity contribution in [3.8, 4) is 6.07 Å². The number of nitrogens with one attached hydrogen (secondary N) is 1. The fraction of sp³-hybridized carbons (Fsp3) is 0.154. The summed E-state index contributed by atoms with van der Waals surface area (Å²) in [5, 5.41) is 20.6. The maximum atomic E-state index is 10.9. The number of aryl methyl sites for hydroxylation is 1. The quantitative estimate of drug-likeness (QED) is 0.870. The summed E-state index contributed by atoms with van der Waals surface area (Å²) in [7, 11) is 0. The molecule has 6 heteroatoms. The van der Waals surface area contributed by atoms with Gasteiger partial charge in [-0.3, -0.25) is 0 Å². The third kappa shape index (κ3) is 2.90. The number of anilines is 1.